The van der Waals surface area contributed by atoms with Crippen LogP contribution in [-0.2, 0) is 16.1 Å². The molecular weight excluding hydrogens is 276 g/mol. The number of thiazole rings is 1. The molecule has 0 aromatic carbocycles. The summed E-state index contributed by atoms with van der Waals surface area (Å²) in [5, 5.41) is 1.80. The molecular formula is C14H14N2O3S. The van der Waals surface area contributed by atoms with Gasteiger partial charge in [-0.25, -0.2) is 4.98 Å². The molecule has 0 spiro atoms. The monoisotopic (exact) mass is 290 g/mol. The molecule has 0 aliphatic heterocycles. The molecule has 1 aliphatic rings. The molecule has 0 radical (unpaired) electrons. The van der Waals surface area contributed by atoms with Gasteiger partial charge in [-0.05, 0) is 19.3 Å². The van der Waals surface area contributed by atoms with Crippen molar-refractivity contribution in [2.24, 2.45) is 5.92 Å². The zero-order valence-electron chi connectivity index (χ0n) is 10.8. The van der Waals surface area contributed by atoms with Crippen molar-refractivity contribution in [2.75, 3.05) is 0 Å². The maximum atomic E-state index is 11.9. The van der Waals surface area contributed by atoms with Gasteiger partial charge in [-0.1, -0.05) is 12.2 Å². The Hall–Kier alpha value is -1.95. The summed E-state index contributed by atoms with van der Waals surface area (Å²) < 4.78 is 6.74. The van der Waals surface area contributed by atoms with Crippen LogP contribution < -0.4 is 5.56 Å². The minimum Gasteiger partial charge on any atom is -0.459 e. The van der Waals surface area contributed by atoms with E-state index >= 15 is 0 Å². The third kappa shape index (κ3) is 2.65. The van der Waals surface area contributed by atoms with E-state index in [0.29, 0.717) is 10.7 Å². The second-order valence-electron chi connectivity index (χ2n) is 4.73. The summed E-state index contributed by atoms with van der Waals surface area (Å²) in [7, 11) is 0. The molecule has 6 heteroatoms. The lowest BCUT2D eigenvalue weighted by atomic mass is 9.95. The first-order valence-electron chi connectivity index (χ1n) is 6.51. The van der Waals surface area contributed by atoms with Gasteiger partial charge in [0.2, 0.25) is 0 Å². The zero-order chi connectivity index (χ0) is 13.9. The van der Waals surface area contributed by atoms with Crippen molar-refractivity contribution < 1.29 is 9.53 Å². The van der Waals surface area contributed by atoms with E-state index in [-0.39, 0.29) is 24.1 Å². The number of rotatable bonds is 3. The highest BCUT2D eigenvalue weighted by Crippen LogP contribution is 2.19. The highest BCUT2D eigenvalue weighted by atomic mass is 32.1. The minimum atomic E-state index is -0.206. The number of aromatic nitrogens is 2. The van der Waals surface area contributed by atoms with Crippen LogP contribution in [0.3, 0.4) is 0 Å². The van der Waals surface area contributed by atoms with Gasteiger partial charge in [0.1, 0.15) is 6.61 Å². The van der Waals surface area contributed by atoms with Crippen molar-refractivity contribution in [3.05, 3.63) is 45.8 Å². The molecule has 5 nitrogen and oxygen atoms in total. The second kappa shape index (κ2) is 5.58. The van der Waals surface area contributed by atoms with Crippen LogP contribution >= 0.6 is 11.3 Å². The predicted octanol–water partition coefficient (Wildman–Crippen LogP) is 2.16. The van der Waals surface area contributed by atoms with Crippen LogP contribution in [0.2, 0.25) is 0 Å². The fourth-order valence-electron chi connectivity index (χ4n) is 2.23. The molecule has 0 N–H and O–H groups in total. The van der Waals surface area contributed by atoms with Gasteiger partial charge in [0, 0.05) is 17.6 Å². The van der Waals surface area contributed by atoms with Gasteiger partial charge in [0.05, 0.1) is 11.6 Å². The number of ether oxygens (including phenoxy) is 1. The fourth-order valence-corrected chi connectivity index (χ4v) is 2.97. The van der Waals surface area contributed by atoms with Crippen molar-refractivity contribution in [1.29, 1.82) is 0 Å². The molecule has 2 aromatic heterocycles. The largest absolute Gasteiger partial charge is 0.459 e. The number of hydrogen-bond donors (Lipinski definition) is 0. The molecule has 0 bridgehead atoms. The van der Waals surface area contributed by atoms with E-state index in [4.69, 9.17) is 4.74 Å². The van der Waals surface area contributed by atoms with Gasteiger partial charge in [0.15, 0.2) is 4.96 Å². The SMILES string of the molecule is O=C(OCc1cc(=O)n2ccsc2n1)[C@H]1CC=CCC1. The molecule has 0 saturated carbocycles. The molecule has 104 valence electrons. The zero-order valence-corrected chi connectivity index (χ0v) is 11.6. The van der Waals surface area contributed by atoms with Gasteiger partial charge in [0.25, 0.3) is 5.56 Å². The minimum absolute atomic E-state index is 0.0582. The highest BCUT2D eigenvalue weighted by molar-refractivity contribution is 7.15. The molecule has 0 fully saturated rings. The number of nitrogens with zero attached hydrogens (tertiary/aromatic N) is 2. The lowest BCUT2D eigenvalue weighted by molar-refractivity contribution is -0.150. The second-order valence-corrected chi connectivity index (χ2v) is 5.60. The topological polar surface area (TPSA) is 60.7 Å². The van der Waals surface area contributed by atoms with Crippen molar-refractivity contribution >= 4 is 22.3 Å². The van der Waals surface area contributed by atoms with Crippen LogP contribution in [0.1, 0.15) is 25.0 Å². The number of carbonyl (C=O) groups excluding carboxylic acids is 1. The average Bonchev–Trinajstić information content (AvgIpc) is 2.94. The van der Waals surface area contributed by atoms with E-state index in [0.717, 1.165) is 19.3 Å². The third-order valence-corrected chi connectivity index (χ3v) is 4.08. The molecule has 0 saturated heterocycles. The van der Waals surface area contributed by atoms with Gasteiger partial charge in [-0.2, -0.15) is 0 Å². The Balaban J connectivity index is 1.68. The first kappa shape index (κ1) is 13.1. The van der Waals surface area contributed by atoms with Crippen LogP contribution in [0.5, 0.6) is 0 Å². The number of hydrogen-bond acceptors (Lipinski definition) is 5. The van der Waals surface area contributed by atoms with Gasteiger partial charge >= 0.3 is 5.97 Å². The van der Waals surface area contributed by atoms with E-state index in [1.807, 2.05) is 6.08 Å². The molecule has 1 aliphatic carbocycles. The van der Waals surface area contributed by atoms with Gasteiger partial charge in [-0.15, -0.1) is 11.3 Å². The van der Waals surface area contributed by atoms with Gasteiger partial charge in [-0.3, -0.25) is 14.0 Å². The van der Waals surface area contributed by atoms with Crippen LogP contribution in [0, 0.1) is 5.92 Å². The number of esters is 1. The smallest absolute Gasteiger partial charge is 0.309 e. The van der Waals surface area contributed by atoms with Crippen molar-refractivity contribution in [2.45, 2.75) is 25.9 Å². The first-order valence-corrected chi connectivity index (χ1v) is 7.39. The van der Waals surface area contributed by atoms with Crippen molar-refractivity contribution in [3.8, 4) is 0 Å². The average molecular weight is 290 g/mol. The summed E-state index contributed by atoms with van der Waals surface area (Å²) in [5.41, 5.74) is 0.347. The van der Waals surface area contributed by atoms with Crippen molar-refractivity contribution in [1.82, 2.24) is 9.38 Å². The quantitative estimate of drug-likeness (QED) is 0.642. The normalized spacial score (nSPS) is 18.3. The Bertz CT molecular complexity index is 717. The molecule has 3 rings (SSSR count). The third-order valence-electron chi connectivity index (χ3n) is 3.32. The molecule has 2 heterocycles. The van der Waals surface area contributed by atoms with E-state index in [2.05, 4.69) is 11.1 Å². The Morgan fingerprint density at radius 3 is 3.20 bits per heavy atom. The molecule has 1 atom stereocenters. The van der Waals surface area contributed by atoms with Crippen LogP contribution in [0.4, 0.5) is 0 Å². The number of carbonyl (C=O) groups is 1. The summed E-state index contributed by atoms with van der Waals surface area (Å²) in [5.74, 6) is -0.269. The summed E-state index contributed by atoms with van der Waals surface area (Å²) in [6.45, 7) is 0.0582. The van der Waals surface area contributed by atoms with Crippen LogP contribution in [0.25, 0.3) is 4.96 Å². The molecule has 0 amide bonds. The first-order chi connectivity index (χ1) is 9.74. The molecule has 2 aromatic rings. The lowest BCUT2D eigenvalue weighted by Crippen LogP contribution is -2.20. The van der Waals surface area contributed by atoms with Gasteiger partial charge < -0.3 is 4.74 Å². The Morgan fingerprint density at radius 1 is 1.50 bits per heavy atom. The maximum Gasteiger partial charge on any atom is 0.309 e. The Morgan fingerprint density at radius 2 is 2.40 bits per heavy atom. The van der Waals surface area contributed by atoms with E-state index in [1.165, 1.54) is 21.8 Å². The number of fused-ring (bicyclic) bond motifs is 1. The Kier molecular flexibility index (Phi) is 3.64. The summed E-state index contributed by atoms with van der Waals surface area (Å²) in [6, 6.07) is 1.41. The summed E-state index contributed by atoms with van der Waals surface area (Å²) >= 11 is 1.38. The standard InChI is InChI=1S/C14H14N2O3S/c17-12-8-11(15-14-16(12)6-7-20-14)9-19-13(18)10-4-2-1-3-5-10/h1-2,6-8,10H,3-5,9H2/t10-/m0/s1. The molecule has 20 heavy (non-hydrogen) atoms. The maximum absolute atomic E-state index is 11.9. The van der Waals surface area contributed by atoms with Crippen LogP contribution in [0.15, 0.2) is 34.6 Å². The highest BCUT2D eigenvalue weighted by Gasteiger charge is 2.20. The van der Waals surface area contributed by atoms with E-state index < -0.39 is 0 Å². The van der Waals surface area contributed by atoms with E-state index in [1.54, 1.807) is 11.6 Å². The Labute approximate surface area is 119 Å². The lowest BCUT2D eigenvalue weighted by Gasteiger charge is -2.16. The summed E-state index contributed by atoms with van der Waals surface area (Å²) in [4.78, 5) is 28.6. The van der Waals surface area contributed by atoms with E-state index in [9.17, 15) is 9.59 Å². The predicted molar refractivity (Wildman–Crippen MR) is 75.6 cm³/mol. The van der Waals surface area contributed by atoms with Crippen LogP contribution in [-0.4, -0.2) is 15.4 Å². The van der Waals surface area contributed by atoms with Crippen molar-refractivity contribution in [3.63, 3.8) is 0 Å². The number of allylic oxidation sites excluding steroid dienone is 2. The fraction of sp³-hybridized carbons (Fsp3) is 0.357. The summed E-state index contributed by atoms with van der Waals surface area (Å²) in [6.07, 6.45) is 8.25. The molecule has 0 unspecified atom stereocenters.